The van der Waals surface area contributed by atoms with Gasteiger partial charge < -0.3 is 14.2 Å². The Kier molecular flexibility index (Phi) is 58.9. The van der Waals surface area contributed by atoms with E-state index in [1.807, 2.05) is 72.9 Å². The summed E-state index contributed by atoms with van der Waals surface area (Å²) in [6.45, 7) is 6.37. The Bertz CT molecular complexity index is 1570. The highest BCUT2D eigenvalue weighted by molar-refractivity contribution is 5.71. The van der Waals surface area contributed by atoms with Crippen LogP contribution >= 0.6 is 0 Å². The molecule has 0 aliphatic rings. The van der Waals surface area contributed by atoms with Gasteiger partial charge in [-0.3, -0.25) is 14.4 Å². The molecule has 0 amide bonds. The summed E-state index contributed by atoms with van der Waals surface area (Å²) in [6, 6.07) is 0. The molecule has 0 aliphatic carbocycles. The lowest BCUT2D eigenvalue weighted by Gasteiger charge is -2.18. The lowest BCUT2D eigenvalue weighted by Crippen LogP contribution is -2.30. The molecule has 1 unspecified atom stereocenters. The first-order valence-corrected chi connectivity index (χ1v) is 31.1. The van der Waals surface area contributed by atoms with Crippen LogP contribution in [0.2, 0.25) is 0 Å². The molecule has 0 N–H and O–H groups in total. The van der Waals surface area contributed by atoms with Gasteiger partial charge in [-0.25, -0.2) is 0 Å². The Hall–Kier alpha value is -4.19. The van der Waals surface area contributed by atoms with Gasteiger partial charge in [-0.1, -0.05) is 309 Å². The van der Waals surface area contributed by atoms with E-state index in [-0.39, 0.29) is 31.1 Å². The van der Waals surface area contributed by atoms with Gasteiger partial charge in [0.1, 0.15) is 13.2 Å². The van der Waals surface area contributed by atoms with Crippen molar-refractivity contribution in [3.63, 3.8) is 0 Å². The minimum atomic E-state index is -0.804. The molecule has 0 aromatic carbocycles. The summed E-state index contributed by atoms with van der Waals surface area (Å²) < 4.78 is 16.9. The van der Waals surface area contributed by atoms with Crippen LogP contribution in [-0.4, -0.2) is 37.2 Å². The van der Waals surface area contributed by atoms with Crippen molar-refractivity contribution >= 4 is 17.9 Å². The highest BCUT2D eigenvalue weighted by Crippen LogP contribution is 2.17. The summed E-state index contributed by atoms with van der Waals surface area (Å²) in [5.41, 5.74) is 0. The Morgan fingerprint density at radius 1 is 0.293 bits per heavy atom. The third-order valence-corrected chi connectivity index (χ3v) is 13.2. The average molecular weight is 1040 g/mol. The molecule has 6 nitrogen and oxygen atoms in total. The summed E-state index contributed by atoms with van der Waals surface area (Å²) in [6.07, 6.45) is 86.2. The molecule has 0 rings (SSSR count). The van der Waals surface area contributed by atoms with Crippen LogP contribution in [0.15, 0.2) is 122 Å². The van der Waals surface area contributed by atoms with Crippen molar-refractivity contribution in [1.82, 2.24) is 0 Å². The van der Waals surface area contributed by atoms with Crippen LogP contribution in [0.5, 0.6) is 0 Å². The van der Waals surface area contributed by atoms with Gasteiger partial charge in [0.05, 0.1) is 0 Å². The number of carbonyl (C=O) groups excluding carboxylic acids is 3. The third-order valence-electron chi connectivity index (χ3n) is 13.2. The number of unbranched alkanes of at least 4 members (excludes halogenated alkanes) is 30. The molecule has 0 aliphatic heterocycles. The van der Waals surface area contributed by atoms with Crippen molar-refractivity contribution in [3.05, 3.63) is 122 Å². The zero-order valence-corrected chi connectivity index (χ0v) is 48.8. The van der Waals surface area contributed by atoms with E-state index < -0.39 is 6.10 Å². The molecule has 0 aromatic heterocycles. The van der Waals surface area contributed by atoms with E-state index in [4.69, 9.17) is 14.2 Å². The topological polar surface area (TPSA) is 78.9 Å². The van der Waals surface area contributed by atoms with Crippen LogP contribution < -0.4 is 0 Å². The Morgan fingerprint density at radius 3 is 0.987 bits per heavy atom. The summed E-state index contributed by atoms with van der Waals surface area (Å²) >= 11 is 0. The van der Waals surface area contributed by atoms with E-state index in [1.165, 1.54) is 141 Å². The molecule has 75 heavy (non-hydrogen) atoms. The van der Waals surface area contributed by atoms with Gasteiger partial charge in [-0.05, 0) is 70.6 Å². The van der Waals surface area contributed by atoms with E-state index in [2.05, 4.69) is 69.4 Å². The van der Waals surface area contributed by atoms with Crippen molar-refractivity contribution in [2.75, 3.05) is 13.2 Å². The molecule has 0 aromatic rings. The van der Waals surface area contributed by atoms with Gasteiger partial charge in [0.2, 0.25) is 0 Å². The lowest BCUT2D eigenvalue weighted by atomic mass is 10.0. The van der Waals surface area contributed by atoms with E-state index >= 15 is 0 Å². The molecule has 6 heteroatoms. The highest BCUT2D eigenvalue weighted by atomic mass is 16.6. The van der Waals surface area contributed by atoms with Gasteiger partial charge in [0, 0.05) is 19.3 Å². The van der Waals surface area contributed by atoms with Gasteiger partial charge in [0.25, 0.3) is 0 Å². The lowest BCUT2D eigenvalue weighted by molar-refractivity contribution is -0.167. The summed E-state index contributed by atoms with van der Waals surface area (Å²) in [7, 11) is 0. The molecule has 0 saturated heterocycles. The average Bonchev–Trinajstić information content (AvgIpc) is 3.41. The summed E-state index contributed by atoms with van der Waals surface area (Å²) in [5.74, 6) is -0.941. The first kappa shape index (κ1) is 70.8. The van der Waals surface area contributed by atoms with Gasteiger partial charge in [0.15, 0.2) is 6.10 Å². The number of esters is 3. The minimum absolute atomic E-state index is 0.0956. The van der Waals surface area contributed by atoms with Crippen molar-refractivity contribution in [2.45, 2.75) is 284 Å². The van der Waals surface area contributed by atoms with Crippen LogP contribution in [0.25, 0.3) is 0 Å². The first-order valence-electron chi connectivity index (χ1n) is 31.1. The number of carbonyl (C=O) groups is 3. The second-order valence-electron chi connectivity index (χ2n) is 20.4. The maximum absolute atomic E-state index is 12.9. The maximum atomic E-state index is 12.9. The molecular weight excluding hydrogens is 925 g/mol. The normalized spacial score (nSPS) is 12.9. The van der Waals surface area contributed by atoms with E-state index in [1.54, 1.807) is 0 Å². The predicted molar refractivity (Wildman–Crippen MR) is 325 cm³/mol. The molecule has 0 bridgehead atoms. The highest BCUT2D eigenvalue weighted by Gasteiger charge is 2.19. The van der Waals surface area contributed by atoms with Gasteiger partial charge in [-0.15, -0.1) is 0 Å². The number of allylic oxidation sites excluding steroid dienone is 20. The van der Waals surface area contributed by atoms with Crippen LogP contribution in [0.1, 0.15) is 278 Å². The van der Waals surface area contributed by atoms with Crippen molar-refractivity contribution in [3.8, 4) is 0 Å². The van der Waals surface area contributed by atoms with E-state index in [0.29, 0.717) is 19.3 Å². The second-order valence-corrected chi connectivity index (χ2v) is 20.4. The molecule has 0 saturated carbocycles. The molecular formula is C69H114O6. The standard InChI is InChI=1S/C69H114O6/c1-4-7-10-13-16-19-22-25-28-31-34-37-40-43-46-49-52-55-58-61-67(70)73-64-66(75-69(72)63-60-57-54-51-48-45-42-39-36-33-30-27-24-21-18-15-12-9-6-3)65-74-68(71)62-59-56-53-50-47-44-41-38-35-32-29-26-23-20-17-14-11-8-5-2/h7,9-10,12-13,16,18-19,21-22,25,27-28,30-31,34,37,40,43,46,66H,4-6,8,11,14-15,17,20,23-24,26,29,32-33,35-36,38-39,41-42,44-45,47-65H2,1-3H3/b10-7-,12-9-,16-13-,21-18-,22-19-,28-25-,30-27-,34-31+,40-37-,46-43-. The molecule has 0 heterocycles. The van der Waals surface area contributed by atoms with Crippen LogP contribution in [0.3, 0.4) is 0 Å². The molecule has 0 radical (unpaired) electrons. The number of hydrogen-bond donors (Lipinski definition) is 0. The third kappa shape index (κ3) is 60.6. The summed E-state index contributed by atoms with van der Waals surface area (Å²) in [5, 5.41) is 0. The van der Waals surface area contributed by atoms with Crippen molar-refractivity contribution in [2.24, 2.45) is 0 Å². The molecule has 1 atom stereocenters. The van der Waals surface area contributed by atoms with Crippen molar-refractivity contribution in [1.29, 1.82) is 0 Å². The minimum Gasteiger partial charge on any atom is -0.462 e. The van der Waals surface area contributed by atoms with Crippen molar-refractivity contribution < 1.29 is 28.6 Å². The predicted octanol–water partition coefficient (Wildman–Crippen LogP) is 21.2. The monoisotopic (exact) mass is 1040 g/mol. The van der Waals surface area contributed by atoms with Crippen LogP contribution in [0, 0.1) is 0 Å². The SMILES string of the molecule is CC\C=C/C=C\C=C/C=C\C=C\C=C/C=C\CCCCCC(=O)OCC(COC(=O)CCCCCCCCCCCCCCCCCCCCC)OC(=O)CCCCCCCCCCC/C=C\C/C=C\C/C=C\CC. The Balaban J connectivity index is 4.48. The fourth-order valence-corrected chi connectivity index (χ4v) is 8.56. The first-order chi connectivity index (χ1) is 37.0. The van der Waals surface area contributed by atoms with E-state index in [0.717, 1.165) is 96.3 Å². The largest absolute Gasteiger partial charge is 0.462 e. The Labute approximate surface area is 462 Å². The molecule has 0 fully saturated rings. The Morgan fingerprint density at radius 2 is 0.587 bits per heavy atom. The van der Waals surface area contributed by atoms with Crippen LogP contribution in [-0.2, 0) is 28.6 Å². The smallest absolute Gasteiger partial charge is 0.306 e. The fourth-order valence-electron chi connectivity index (χ4n) is 8.56. The quantitative estimate of drug-likeness (QED) is 0.0199. The molecule has 426 valence electrons. The van der Waals surface area contributed by atoms with Gasteiger partial charge in [-0.2, -0.15) is 0 Å². The molecule has 0 spiro atoms. The summed E-state index contributed by atoms with van der Waals surface area (Å²) in [4.78, 5) is 38.3. The van der Waals surface area contributed by atoms with Gasteiger partial charge >= 0.3 is 17.9 Å². The van der Waals surface area contributed by atoms with E-state index in [9.17, 15) is 14.4 Å². The maximum Gasteiger partial charge on any atom is 0.306 e. The zero-order valence-electron chi connectivity index (χ0n) is 48.8. The number of rotatable bonds is 55. The fraction of sp³-hybridized carbons (Fsp3) is 0.667. The second kappa shape index (κ2) is 62.4. The number of hydrogen-bond acceptors (Lipinski definition) is 6. The number of ether oxygens (including phenoxy) is 3. The zero-order chi connectivity index (χ0) is 54.3. The van der Waals surface area contributed by atoms with Crippen LogP contribution in [0.4, 0.5) is 0 Å².